The lowest BCUT2D eigenvalue weighted by molar-refractivity contribution is 0.103. The molecule has 0 atom stereocenters. The standard InChI is InChI=1S/C16H15BrO3S/c1-19-13-9-12(17)14(20-2)8-11(13)16(18)10-6-4-5-7-15(10)21-3/h4-9H,1-3H3. The van der Waals surface area contributed by atoms with Gasteiger partial charge in [0.15, 0.2) is 5.78 Å². The van der Waals surface area contributed by atoms with Gasteiger partial charge in [0.25, 0.3) is 0 Å². The van der Waals surface area contributed by atoms with Gasteiger partial charge in [0.05, 0.1) is 24.3 Å². The summed E-state index contributed by atoms with van der Waals surface area (Å²) in [6.45, 7) is 0. The van der Waals surface area contributed by atoms with E-state index in [9.17, 15) is 4.79 Å². The second-order valence-electron chi connectivity index (χ2n) is 4.22. The minimum absolute atomic E-state index is 0.0809. The van der Waals surface area contributed by atoms with Gasteiger partial charge >= 0.3 is 0 Å². The molecule has 0 radical (unpaired) electrons. The molecule has 2 aromatic carbocycles. The molecule has 0 saturated carbocycles. The topological polar surface area (TPSA) is 35.5 Å². The molecule has 0 heterocycles. The molecule has 0 aliphatic carbocycles. The first kappa shape index (κ1) is 15.9. The zero-order valence-electron chi connectivity index (χ0n) is 12.0. The highest BCUT2D eigenvalue weighted by atomic mass is 79.9. The monoisotopic (exact) mass is 366 g/mol. The van der Waals surface area contributed by atoms with Crippen molar-refractivity contribution in [2.24, 2.45) is 0 Å². The Morgan fingerprint density at radius 3 is 2.33 bits per heavy atom. The minimum atomic E-state index is -0.0809. The molecule has 2 aromatic rings. The van der Waals surface area contributed by atoms with Gasteiger partial charge in [-0.05, 0) is 46.5 Å². The molecule has 0 saturated heterocycles. The van der Waals surface area contributed by atoms with Crippen LogP contribution in [0.3, 0.4) is 0 Å². The Kier molecular flexibility index (Phi) is 5.31. The van der Waals surface area contributed by atoms with Crippen molar-refractivity contribution in [3.8, 4) is 11.5 Å². The number of ketones is 1. The number of benzene rings is 2. The smallest absolute Gasteiger partial charge is 0.198 e. The zero-order chi connectivity index (χ0) is 15.4. The Bertz CT molecular complexity index is 671. The lowest BCUT2D eigenvalue weighted by Gasteiger charge is -2.13. The normalized spacial score (nSPS) is 10.3. The molecular weight excluding hydrogens is 352 g/mol. The van der Waals surface area contributed by atoms with E-state index in [-0.39, 0.29) is 5.78 Å². The van der Waals surface area contributed by atoms with Crippen molar-refractivity contribution in [3.63, 3.8) is 0 Å². The van der Waals surface area contributed by atoms with Crippen molar-refractivity contribution in [2.45, 2.75) is 4.90 Å². The molecule has 0 aliphatic rings. The van der Waals surface area contributed by atoms with Crippen LogP contribution in [-0.4, -0.2) is 26.3 Å². The molecule has 0 aliphatic heterocycles. The molecule has 2 rings (SSSR count). The van der Waals surface area contributed by atoms with Gasteiger partial charge in [0, 0.05) is 10.5 Å². The average Bonchev–Trinajstić information content (AvgIpc) is 2.53. The van der Waals surface area contributed by atoms with Gasteiger partial charge in [-0.2, -0.15) is 0 Å². The number of carbonyl (C=O) groups excluding carboxylic acids is 1. The number of halogens is 1. The first-order chi connectivity index (χ1) is 10.1. The maximum atomic E-state index is 12.8. The maximum Gasteiger partial charge on any atom is 0.198 e. The number of thioether (sulfide) groups is 1. The maximum absolute atomic E-state index is 12.8. The van der Waals surface area contributed by atoms with Crippen molar-refractivity contribution in [3.05, 3.63) is 52.0 Å². The Morgan fingerprint density at radius 1 is 1.05 bits per heavy atom. The highest BCUT2D eigenvalue weighted by Gasteiger charge is 2.19. The molecule has 0 unspecified atom stereocenters. The first-order valence-electron chi connectivity index (χ1n) is 6.21. The molecule has 110 valence electrons. The van der Waals surface area contributed by atoms with Gasteiger partial charge in [-0.15, -0.1) is 11.8 Å². The molecule has 0 fully saturated rings. The van der Waals surface area contributed by atoms with Gasteiger partial charge in [-0.1, -0.05) is 12.1 Å². The third kappa shape index (κ3) is 3.24. The quantitative estimate of drug-likeness (QED) is 0.579. The van der Waals surface area contributed by atoms with E-state index in [0.29, 0.717) is 22.6 Å². The van der Waals surface area contributed by atoms with Gasteiger partial charge < -0.3 is 9.47 Å². The largest absolute Gasteiger partial charge is 0.496 e. The summed E-state index contributed by atoms with van der Waals surface area (Å²) in [6, 6.07) is 11.0. The van der Waals surface area contributed by atoms with Crippen LogP contribution in [0.2, 0.25) is 0 Å². The van der Waals surface area contributed by atoms with Crippen LogP contribution in [-0.2, 0) is 0 Å². The number of hydrogen-bond acceptors (Lipinski definition) is 4. The Hall–Kier alpha value is -1.46. The van der Waals surface area contributed by atoms with Crippen LogP contribution in [0.25, 0.3) is 0 Å². The van der Waals surface area contributed by atoms with Crippen molar-refractivity contribution < 1.29 is 14.3 Å². The van der Waals surface area contributed by atoms with Gasteiger partial charge in [0.1, 0.15) is 11.5 Å². The molecule has 21 heavy (non-hydrogen) atoms. The molecule has 5 heteroatoms. The van der Waals surface area contributed by atoms with Gasteiger partial charge in [-0.3, -0.25) is 4.79 Å². The van der Waals surface area contributed by atoms with Crippen molar-refractivity contribution in [2.75, 3.05) is 20.5 Å². The second-order valence-corrected chi connectivity index (χ2v) is 5.92. The summed E-state index contributed by atoms with van der Waals surface area (Å²) in [7, 11) is 3.11. The van der Waals surface area contributed by atoms with Crippen LogP contribution in [0.15, 0.2) is 45.8 Å². The van der Waals surface area contributed by atoms with E-state index in [1.807, 2.05) is 30.5 Å². The fourth-order valence-electron chi connectivity index (χ4n) is 2.02. The lowest BCUT2D eigenvalue weighted by atomic mass is 10.0. The summed E-state index contributed by atoms with van der Waals surface area (Å²) in [5, 5.41) is 0. The average molecular weight is 367 g/mol. The Morgan fingerprint density at radius 2 is 1.71 bits per heavy atom. The summed E-state index contributed by atoms with van der Waals surface area (Å²) in [5.41, 5.74) is 1.15. The summed E-state index contributed by atoms with van der Waals surface area (Å²) in [4.78, 5) is 13.8. The van der Waals surface area contributed by atoms with Crippen LogP contribution in [0.4, 0.5) is 0 Å². The van der Waals surface area contributed by atoms with Gasteiger partial charge in [0.2, 0.25) is 0 Å². The van der Waals surface area contributed by atoms with E-state index in [4.69, 9.17) is 9.47 Å². The SMILES string of the molecule is COc1cc(C(=O)c2ccccc2SC)c(OC)cc1Br. The molecule has 0 amide bonds. The molecule has 0 bridgehead atoms. The number of methoxy groups -OCH3 is 2. The van der Waals surface area contributed by atoms with Crippen molar-refractivity contribution in [1.82, 2.24) is 0 Å². The number of ether oxygens (including phenoxy) is 2. The summed E-state index contributed by atoms with van der Waals surface area (Å²) >= 11 is 4.94. The highest BCUT2D eigenvalue weighted by molar-refractivity contribution is 9.10. The molecule has 3 nitrogen and oxygen atoms in total. The van der Waals surface area contributed by atoms with E-state index in [2.05, 4.69) is 15.9 Å². The van der Waals surface area contributed by atoms with Crippen LogP contribution in [0, 0.1) is 0 Å². The number of rotatable bonds is 5. The Balaban J connectivity index is 2.57. The fourth-order valence-corrected chi connectivity index (χ4v) is 3.09. The van der Waals surface area contributed by atoms with E-state index in [1.165, 1.54) is 0 Å². The van der Waals surface area contributed by atoms with Crippen LogP contribution in [0.5, 0.6) is 11.5 Å². The second kappa shape index (κ2) is 7.00. The number of carbonyl (C=O) groups is 1. The predicted octanol–water partition coefficient (Wildman–Crippen LogP) is 4.42. The third-order valence-electron chi connectivity index (χ3n) is 3.07. The minimum Gasteiger partial charge on any atom is -0.496 e. The summed E-state index contributed by atoms with van der Waals surface area (Å²) in [5.74, 6) is 1.03. The molecule has 0 spiro atoms. The van der Waals surface area contributed by atoms with Crippen LogP contribution < -0.4 is 9.47 Å². The van der Waals surface area contributed by atoms with Crippen molar-refractivity contribution >= 4 is 33.5 Å². The third-order valence-corrected chi connectivity index (χ3v) is 4.49. The molecule has 0 N–H and O–H groups in total. The lowest BCUT2D eigenvalue weighted by Crippen LogP contribution is -2.06. The van der Waals surface area contributed by atoms with Crippen LogP contribution >= 0.6 is 27.7 Å². The van der Waals surface area contributed by atoms with Crippen LogP contribution in [0.1, 0.15) is 15.9 Å². The summed E-state index contributed by atoms with van der Waals surface area (Å²) in [6.07, 6.45) is 1.95. The zero-order valence-corrected chi connectivity index (χ0v) is 14.4. The first-order valence-corrected chi connectivity index (χ1v) is 8.23. The van der Waals surface area contributed by atoms with E-state index in [0.717, 1.165) is 9.37 Å². The van der Waals surface area contributed by atoms with Gasteiger partial charge in [-0.25, -0.2) is 0 Å². The van der Waals surface area contributed by atoms with E-state index >= 15 is 0 Å². The van der Waals surface area contributed by atoms with E-state index in [1.54, 1.807) is 38.1 Å². The highest BCUT2D eigenvalue weighted by Crippen LogP contribution is 2.35. The predicted molar refractivity (Wildman–Crippen MR) is 88.9 cm³/mol. The van der Waals surface area contributed by atoms with Crippen molar-refractivity contribution in [1.29, 1.82) is 0 Å². The molecule has 0 aromatic heterocycles. The molecular formula is C16H15BrO3S. The summed E-state index contributed by atoms with van der Waals surface area (Å²) < 4.78 is 11.3. The van der Waals surface area contributed by atoms with E-state index < -0.39 is 0 Å². The number of hydrogen-bond donors (Lipinski definition) is 0. The fraction of sp³-hybridized carbons (Fsp3) is 0.188. The Labute approximate surface area is 136 Å².